The largest absolute Gasteiger partial charge is 0.322 e. The minimum atomic E-state index is -0.216. The molecule has 0 saturated carbocycles. The molecule has 0 unspecified atom stereocenters. The van der Waals surface area contributed by atoms with Gasteiger partial charge < -0.3 is 5.32 Å². The molecule has 0 aliphatic carbocycles. The molecule has 0 aromatic heterocycles. The predicted octanol–water partition coefficient (Wildman–Crippen LogP) is 5.77. The van der Waals surface area contributed by atoms with E-state index in [0.717, 1.165) is 4.47 Å². The molecule has 0 heterocycles. The summed E-state index contributed by atoms with van der Waals surface area (Å²) in [5.41, 5.74) is 1.18. The highest BCUT2D eigenvalue weighted by molar-refractivity contribution is 9.10. The van der Waals surface area contributed by atoms with Gasteiger partial charge in [0.1, 0.15) is 0 Å². The minimum Gasteiger partial charge on any atom is -0.322 e. The van der Waals surface area contributed by atoms with Gasteiger partial charge in [-0.2, -0.15) is 0 Å². The van der Waals surface area contributed by atoms with Crippen molar-refractivity contribution in [2.45, 2.75) is 0 Å². The van der Waals surface area contributed by atoms with Crippen molar-refractivity contribution in [1.82, 2.24) is 0 Å². The van der Waals surface area contributed by atoms with Crippen molar-refractivity contribution in [1.29, 1.82) is 0 Å². The lowest BCUT2D eigenvalue weighted by atomic mass is 10.2. The van der Waals surface area contributed by atoms with Crippen molar-refractivity contribution in [3.05, 3.63) is 61.0 Å². The smallest absolute Gasteiger partial charge is 0.255 e. The average molecular weight is 424 g/mol. The number of rotatable bonds is 2. The van der Waals surface area contributed by atoms with E-state index in [2.05, 4.69) is 37.2 Å². The van der Waals surface area contributed by atoms with E-state index in [1.54, 1.807) is 36.4 Å². The second-order valence-electron chi connectivity index (χ2n) is 3.71. The van der Waals surface area contributed by atoms with Crippen molar-refractivity contribution >= 4 is 66.7 Å². The quantitative estimate of drug-likeness (QED) is 0.652. The molecule has 0 bridgehead atoms. The molecule has 2 nitrogen and oxygen atoms in total. The molecule has 1 amide bonds. The first kappa shape index (κ1) is 14.9. The summed E-state index contributed by atoms with van der Waals surface area (Å²) in [5, 5.41) is 3.93. The van der Waals surface area contributed by atoms with Crippen molar-refractivity contribution in [2.24, 2.45) is 0 Å². The first-order valence-electron chi connectivity index (χ1n) is 5.19. The third-order valence-corrected chi connectivity index (χ3v) is 4.79. The fraction of sp³-hybridized carbons (Fsp3) is 0. The highest BCUT2D eigenvalue weighted by atomic mass is 79.9. The van der Waals surface area contributed by atoms with Gasteiger partial charge >= 0.3 is 0 Å². The summed E-state index contributed by atoms with van der Waals surface area (Å²) in [6.45, 7) is 0. The van der Waals surface area contributed by atoms with E-state index < -0.39 is 0 Å². The first-order chi connectivity index (χ1) is 8.97. The Kier molecular flexibility index (Phi) is 4.90. The zero-order valence-electron chi connectivity index (χ0n) is 9.38. The van der Waals surface area contributed by atoms with Crippen LogP contribution >= 0.6 is 55.1 Å². The molecule has 19 heavy (non-hydrogen) atoms. The van der Waals surface area contributed by atoms with Crippen LogP contribution in [0.4, 0.5) is 5.69 Å². The van der Waals surface area contributed by atoms with Gasteiger partial charge in [0.15, 0.2) is 0 Å². The van der Waals surface area contributed by atoms with Gasteiger partial charge in [-0.25, -0.2) is 0 Å². The van der Waals surface area contributed by atoms with E-state index in [4.69, 9.17) is 23.2 Å². The molecule has 0 atom stereocenters. The fourth-order valence-electron chi connectivity index (χ4n) is 1.41. The van der Waals surface area contributed by atoms with Gasteiger partial charge in [-0.15, -0.1) is 0 Å². The maximum absolute atomic E-state index is 12.1. The van der Waals surface area contributed by atoms with Gasteiger partial charge in [0.25, 0.3) is 5.91 Å². The summed E-state index contributed by atoms with van der Waals surface area (Å²) in [6, 6.07) is 10.2. The summed E-state index contributed by atoms with van der Waals surface area (Å²) in [6.07, 6.45) is 0. The standard InChI is InChI=1S/C13H7Br2Cl2NO/c14-9-5-7(1-3-11(9)16)13(19)18-8-2-4-12(17)10(15)6-8/h1-6H,(H,18,19). The van der Waals surface area contributed by atoms with E-state index in [1.165, 1.54) is 0 Å². The summed E-state index contributed by atoms with van der Waals surface area (Å²) in [7, 11) is 0. The SMILES string of the molecule is O=C(Nc1ccc(Cl)c(Br)c1)c1ccc(Cl)c(Br)c1. The number of carbonyl (C=O) groups excluding carboxylic acids is 1. The van der Waals surface area contributed by atoms with Crippen LogP contribution in [0, 0.1) is 0 Å². The van der Waals surface area contributed by atoms with Gasteiger partial charge in [0, 0.05) is 20.2 Å². The molecular formula is C13H7Br2Cl2NO. The van der Waals surface area contributed by atoms with Crippen molar-refractivity contribution in [3.63, 3.8) is 0 Å². The molecule has 0 radical (unpaired) electrons. The third-order valence-electron chi connectivity index (χ3n) is 2.36. The lowest BCUT2D eigenvalue weighted by molar-refractivity contribution is 0.102. The number of hydrogen-bond acceptors (Lipinski definition) is 1. The number of hydrogen-bond donors (Lipinski definition) is 1. The Labute approximate surface area is 137 Å². The molecule has 98 valence electrons. The monoisotopic (exact) mass is 421 g/mol. The zero-order chi connectivity index (χ0) is 14.0. The lowest BCUT2D eigenvalue weighted by Crippen LogP contribution is -2.11. The number of nitrogens with one attached hydrogen (secondary N) is 1. The summed E-state index contributed by atoms with van der Waals surface area (Å²) >= 11 is 18.4. The minimum absolute atomic E-state index is 0.216. The van der Waals surface area contributed by atoms with Crippen LogP contribution in [0.3, 0.4) is 0 Å². The normalized spacial score (nSPS) is 10.3. The third kappa shape index (κ3) is 3.72. The Morgan fingerprint density at radius 2 is 1.53 bits per heavy atom. The molecule has 6 heteroatoms. The maximum Gasteiger partial charge on any atom is 0.255 e. The first-order valence-corrected chi connectivity index (χ1v) is 7.53. The van der Waals surface area contributed by atoms with Crippen molar-refractivity contribution in [2.75, 3.05) is 5.32 Å². The number of anilines is 1. The Hall–Kier alpha value is -0.550. The van der Waals surface area contributed by atoms with Gasteiger partial charge in [-0.05, 0) is 68.3 Å². The van der Waals surface area contributed by atoms with E-state index in [-0.39, 0.29) is 5.91 Å². The highest BCUT2D eigenvalue weighted by Gasteiger charge is 2.09. The van der Waals surface area contributed by atoms with Crippen LogP contribution in [0.1, 0.15) is 10.4 Å². The van der Waals surface area contributed by atoms with Crippen LogP contribution < -0.4 is 5.32 Å². The molecule has 0 aliphatic heterocycles. The van der Waals surface area contributed by atoms with E-state index in [9.17, 15) is 4.79 Å². The topological polar surface area (TPSA) is 29.1 Å². The molecule has 0 spiro atoms. The molecule has 0 fully saturated rings. The van der Waals surface area contributed by atoms with Crippen LogP contribution in [0.2, 0.25) is 10.0 Å². The van der Waals surface area contributed by atoms with E-state index in [1.807, 2.05) is 0 Å². The second-order valence-corrected chi connectivity index (χ2v) is 6.23. The van der Waals surface area contributed by atoms with Crippen LogP contribution in [-0.4, -0.2) is 5.91 Å². The number of halogens is 4. The van der Waals surface area contributed by atoms with Gasteiger partial charge in [0.05, 0.1) is 10.0 Å². The van der Waals surface area contributed by atoms with Gasteiger partial charge in [-0.3, -0.25) is 4.79 Å². The van der Waals surface area contributed by atoms with E-state index >= 15 is 0 Å². The number of carbonyl (C=O) groups is 1. The Morgan fingerprint density at radius 1 is 0.947 bits per heavy atom. The molecule has 0 saturated heterocycles. The average Bonchev–Trinajstić information content (AvgIpc) is 2.37. The van der Waals surface area contributed by atoms with Crippen LogP contribution in [0.25, 0.3) is 0 Å². The van der Waals surface area contributed by atoms with Crippen molar-refractivity contribution < 1.29 is 4.79 Å². The zero-order valence-corrected chi connectivity index (χ0v) is 14.1. The van der Waals surface area contributed by atoms with Gasteiger partial charge in [0.2, 0.25) is 0 Å². The second kappa shape index (κ2) is 6.27. The molecule has 2 rings (SSSR count). The van der Waals surface area contributed by atoms with Crippen molar-refractivity contribution in [3.8, 4) is 0 Å². The Balaban J connectivity index is 2.20. The molecule has 2 aromatic carbocycles. The lowest BCUT2D eigenvalue weighted by Gasteiger charge is -2.07. The number of amides is 1. The highest BCUT2D eigenvalue weighted by Crippen LogP contribution is 2.27. The van der Waals surface area contributed by atoms with Gasteiger partial charge in [-0.1, -0.05) is 23.2 Å². The molecule has 0 aliphatic rings. The maximum atomic E-state index is 12.1. The molecule has 1 N–H and O–H groups in total. The van der Waals surface area contributed by atoms with Crippen LogP contribution in [0.5, 0.6) is 0 Å². The van der Waals surface area contributed by atoms with Crippen LogP contribution in [0.15, 0.2) is 45.3 Å². The van der Waals surface area contributed by atoms with Crippen LogP contribution in [-0.2, 0) is 0 Å². The summed E-state index contributed by atoms with van der Waals surface area (Å²) in [5.74, 6) is -0.216. The summed E-state index contributed by atoms with van der Waals surface area (Å²) in [4.78, 5) is 12.1. The fourth-order valence-corrected chi connectivity index (χ4v) is 2.41. The molecule has 2 aromatic rings. The van der Waals surface area contributed by atoms with E-state index in [0.29, 0.717) is 25.8 Å². The molecular weight excluding hydrogens is 417 g/mol. The Bertz CT molecular complexity index is 647. The summed E-state index contributed by atoms with van der Waals surface area (Å²) < 4.78 is 1.41. The predicted molar refractivity (Wildman–Crippen MR) is 86.3 cm³/mol. The Morgan fingerprint density at radius 3 is 2.11 bits per heavy atom. The number of benzene rings is 2.